The van der Waals surface area contributed by atoms with Crippen LogP contribution >= 0.6 is 0 Å². The van der Waals surface area contributed by atoms with Crippen LogP contribution in [0.1, 0.15) is 29.5 Å². The number of aryl methyl sites for hydroxylation is 1. The van der Waals surface area contributed by atoms with E-state index in [0.29, 0.717) is 12.0 Å². The zero-order valence-corrected chi connectivity index (χ0v) is 15.9. The first-order valence-electron chi connectivity index (χ1n) is 9.66. The number of nitrogens with zero attached hydrogens (tertiary/aromatic N) is 1. The third kappa shape index (κ3) is 3.84. The maximum absolute atomic E-state index is 13.1. The highest BCUT2D eigenvalue weighted by Gasteiger charge is 2.28. The molecule has 0 bridgehead atoms. The fourth-order valence-electron chi connectivity index (χ4n) is 4.02. The molecule has 4 rings (SSSR count). The first-order chi connectivity index (χ1) is 13.5. The number of benzene rings is 2. The van der Waals surface area contributed by atoms with Crippen LogP contribution in [0.3, 0.4) is 0 Å². The Hall–Kier alpha value is -2.95. The van der Waals surface area contributed by atoms with Crippen LogP contribution in [-0.4, -0.2) is 28.4 Å². The Morgan fingerprint density at radius 3 is 2.68 bits per heavy atom. The van der Waals surface area contributed by atoms with Gasteiger partial charge >= 0.3 is 0 Å². The van der Waals surface area contributed by atoms with Gasteiger partial charge in [-0.05, 0) is 73.0 Å². The van der Waals surface area contributed by atoms with Gasteiger partial charge in [0, 0.05) is 23.7 Å². The van der Waals surface area contributed by atoms with Crippen molar-refractivity contribution in [3.8, 4) is 0 Å². The lowest BCUT2D eigenvalue weighted by molar-refractivity contribution is -0.131. The molecule has 28 heavy (non-hydrogen) atoms. The van der Waals surface area contributed by atoms with Crippen molar-refractivity contribution in [1.82, 2.24) is 9.88 Å². The fraction of sp³-hybridized carbons (Fsp3) is 0.304. The summed E-state index contributed by atoms with van der Waals surface area (Å²) in [6.07, 6.45) is 3.06. The summed E-state index contributed by atoms with van der Waals surface area (Å²) >= 11 is 0. The van der Waals surface area contributed by atoms with E-state index in [-0.39, 0.29) is 23.3 Å². The van der Waals surface area contributed by atoms with E-state index in [1.165, 1.54) is 12.1 Å². The van der Waals surface area contributed by atoms with Gasteiger partial charge in [-0.3, -0.25) is 9.59 Å². The number of rotatable bonds is 4. The van der Waals surface area contributed by atoms with Gasteiger partial charge < -0.3 is 9.88 Å². The number of fused-ring (bicyclic) bond motifs is 1. The van der Waals surface area contributed by atoms with Crippen LogP contribution in [0, 0.1) is 12.7 Å². The van der Waals surface area contributed by atoms with E-state index in [1.54, 1.807) is 19.1 Å². The number of halogens is 1. The first kappa shape index (κ1) is 18.4. The van der Waals surface area contributed by atoms with Crippen LogP contribution in [0.15, 0.2) is 53.3 Å². The van der Waals surface area contributed by atoms with Gasteiger partial charge in [-0.15, -0.1) is 0 Å². The summed E-state index contributed by atoms with van der Waals surface area (Å²) < 4.78 is 13.1. The molecule has 1 unspecified atom stereocenters. The van der Waals surface area contributed by atoms with Crippen molar-refractivity contribution in [2.75, 3.05) is 6.54 Å². The van der Waals surface area contributed by atoms with Crippen molar-refractivity contribution in [3.63, 3.8) is 0 Å². The number of hydrogen-bond acceptors (Lipinski definition) is 2. The normalized spacial score (nSPS) is 16.6. The average molecular weight is 378 g/mol. The van der Waals surface area contributed by atoms with Gasteiger partial charge in [-0.25, -0.2) is 4.39 Å². The number of H-pyrrole nitrogens is 1. The van der Waals surface area contributed by atoms with Crippen LogP contribution in [0.2, 0.25) is 0 Å². The monoisotopic (exact) mass is 378 g/mol. The lowest BCUT2D eigenvalue weighted by Gasteiger charge is -2.25. The van der Waals surface area contributed by atoms with Crippen molar-refractivity contribution in [3.05, 3.63) is 81.4 Å². The second-order valence-electron chi connectivity index (χ2n) is 7.59. The molecule has 2 aromatic carbocycles. The zero-order chi connectivity index (χ0) is 19.7. The standard InChI is InChI=1S/C23H23FN2O2/c1-15-11-18-12-17(6-9-21(18)25-23(15)28)14-22(27)26-10-2-3-20(26)13-16-4-7-19(24)8-5-16/h4-9,11-12,20H,2-3,10,13-14H2,1H3,(H,25,28). The van der Waals surface area contributed by atoms with E-state index >= 15 is 0 Å². The molecule has 144 valence electrons. The van der Waals surface area contributed by atoms with Crippen LogP contribution in [0.25, 0.3) is 10.9 Å². The van der Waals surface area contributed by atoms with E-state index in [0.717, 1.165) is 47.8 Å². The highest BCUT2D eigenvalue weighted by Crippen LogP contribution is 2.23. The summed E-state index contributed by atoms with van der Waals surface area (Å²) in [5, 5.41) is 0.937. The molecule has 1 amide bonds. The third-order valence-corrected chi connectivity index (χ3v) is 5.53. The summed E-state index contributed by atoms with van der Waals surface area (Å²) in [4.78, 5) is 29.5. The molecular weight excluding hydrogens is 355 g/mol. The highest BCUT2D eigenvalue weighted by molar-refractivity contribution is 5.83. The Balaban J connectivity index is 1.49. The molecule has 5 heteroatoms. The summed E-state index contributed by atoms with van der Waals surface area (Å²) in [5.74, 6) is -0.124. The van der Waals surface area contributed by atoms with Gasteiger partial charge in [0.1, 0.15) is 5.82 Å². The van der Waals surface area contributed by atoms with E-state index in [2.05, 4.69) is 4.98 Å². The molecule has 0 aliphatic carbocycles. The van der Waals surface area contributed by atoms with E-state index in [9.17, 15) is 14.0 Å². The van der Waals surface area contributed by atoms with Crippen molar-refractivity contribution >= 4 is 16.8 Å². The van der Waals surface area contributed by atoms with Crippen molar-refractivity contribution in [1.29, 1.82) is 0 Å². The SMILES string of the molecule is Cc1cc2cc(CC(=O)N3CCCC3Cc3ccc(F)cc3)ccc2[nH]c1=O. The predicted octanol–water partition coefficient (Wildman–Crippen LogP) is 3.75. The smallest absolute Gasteiger partial charge is 0.251 e. The van der Waals surface area contributed by atoms with Gasteiger partial charge in [0.15, 0.2) is 0 Å². The molecule has 0 radical (unpaired) electrons. The minimum atomic E-state index is -0.240. The van der Waals surface area contributed by atoms with Gasteiger partial charge in [0.25, 0.3) is 5.56 Å². The van der Waals surface area contributed by atoms with Gasteiger partial charge in [0.05, 0.1) is 6.42 Å². The summed E-state index contributed by atoms with van der Waals surface area (Å²) in [6, 6.07) is 14.3. The molecule has 2 heterocycles. The minimum absolute atomic E-state index is 0.0861. The summed E-state index contributed by atoms with van der Waals surface area (Å²) in [5.41, 5.74) is 3.35. The van der Waals surface area contributed by atoms with Gasteiger partial charge in [-0.2, -0.15) is 0 Å². The molecule has 3 aromatic rings. The third-order valence-electron chi connectivity index (χ3n) is 5.53. The molecule has 1 fully saturated rings. The average Bonchev–Trinajstić information content (AvgIpc) is 3.13. The zero-order valence-electron chi connectivity index (χ0n) is 15.9. The second kappa shape index (κ2) is 7.58. The number of hydrogen-bond donors (Lipinski definition) is 1. The molecule has 0 spiro atoms. The highest BCUT2D eigenvalue weighted by atomic mass is 19.1. The number of carbonyl (C=O) groups is 1. The lowest BCUT2D eigenvalue weighted by atomic mass is 10.0. The molecule has 1 saturated heterocycles. The quantitative estimate of drug-likeness (QED) is 0.752. The predicted molar refractivity (Wildman–Crippen MR) is 108 cm³/mol. The van der Waals surface area contributed by atoms with Crippen LogP contribution < -0.4 is 5.56 Å². The number of amides is 1. The number of carbonyl (C=O) groups excluding carboxylic acids is 1. The maximum atomic E-state index is 13.1. The Kier molecular flexibility index (Phi) is 4.99. The molecular formula is C23H23FN2O2. The molecule has 1 atom stereocenters. The summed E-state index contributed by atoms with van der Waals surface area (Å²) in [7, 11) is 0. The molecule has 1 aliphatic rings. The number of nitrogens with one attached hydrogen (secondary N) is 1. The summed E-state index contributed by atoms with van der Waals surface area (Å²) in [6.45, 7) is 2.55. The lowest BCUT2D eigenvalue weighted by Crippen LogP contribution is -2.37. The topological polar surface area (TPSA) is 53.2 Å². The molecule has 0 saturated carbocycles. The Labute approximate surface area is 163 Å². The molecule has 1 N–H and O–H groups in total. The largest absolute Gasteiger partial charge is 0.339 e. The molecule has 1 aliphatic heterocycles. The van der Waals surface area contributed by atoms with Crippen molar-refractivity contribution in [2.24, 2.45) is 0 Å². The van der Waals surface area contributed by atoms with E-state index < -0.39 is 0 Å². The Bertz CT molecular complexity index is 1070. The van der Waals surface area contributed by atoms with Gasteiger partial charge in [-0.1, -0.05) is 18.2 Å². The number of aromatic nitrogens is 1. The van der Waals surface area contributed by atoms with Crippen molar-refractivity contribution in [2.45, 2.75) is 38.6 Å². The number of aromatic amines is 1. The molecule has 4 nitrogen and oxygen atoms in total. The Morgan fingerprint density at radius 1 is 1.14 bits per heavy atom. The van der Waals surface area contributed by atoms with Crippen LogP contribution in [-0.2, 0) is 17.6 Å². The number of likely N-dealkylation sites (tertiary alicyclic amines) is 1. The minimum Gasteiger partial charge on any atom is -0.339 e. The number of pyridine rings is 1. The second-order valence-corrected chi connectivity index (χ2v) is 7.59. The van der Waals surface area contributed by atoms with Crippen LogP contribution in [0.4, 0.5) is 4.39 Å². The fourth-order valence-corrected chi connectivity index (χ4v) is 4.02. The van der Waals surface area contributed by atoms with E-state index in [1.807, 2.05) is 29.2 Å². The van der Waals surface area contributed by atoms with Gasteiger partial charge in [0.2, 0.25) is 5.91 Å². The van der Waals surface area contributed by atoms with Crippen molar-refractivity contribution < 1.29 is 9.18 Å². The van der Waals surface area contributed by atoms with E-state index in [4.69, 9.17) is 0 Å². The molecule has 1 aromatic heterocycles. The first-order valence-corrected chi connectivity index (χ1v) is 9.66. The maximum Gasteiger partial charge on any atom is 0.251 e. The Morgan fingerprint density at radius 2 is 1.89 bits per heavy atom. The van der Waals surface area contributed by atoms with Crippen LogP contribution in [0.5, 0.6) is 0 Å².